The molecule has 0 amide bonds. The van der Waals surface area contributed by atoms with Crippen molar-refractivity contribution in [2.75, 3.05) is 13.2 Å². The van der Waals surface area contributed by atoms with Gasteiger partial charge in [-0.15, -0.1) is 0 Å². The van der Waals surface area contributed by atoms with E-state index in [1.165, 1.54) is 16.3 Å². The molecule has 136 valence electrons. The standard InChI is InChI=1S/C22H22N4O/c1-2-12-27-21-9-5-8-20(14-21)22(16-25-26-23)24-15-17-10-11-18-6-3-4-7-19(18)13-17/h2-11,13-14,22,24H,1,12,15-16H2/t22-/m0/s1. The third kappa shape index (κ3) is 5.11. The van der Waals surface area contributed by atoms with Gasteiger partial charge in [-0.25, -0.2) is 0 Å². The molecule has 3 aromatic carbocycles. The van der Waals surface area contributed by atoms with E-state index >= 15 is 0 Å². The van der Waals surface area contributed by atoms with Crippen LogP contribution in [0.15, 0.2) is 84.5 Å². The lowest BCUT2D eigenvalue weighted by atomic mass is 10.0. The fourth-order valence-electron chi connectivity index (χ4n) is 2.97. The van der Waals surface area contributed by atoms with Crippen LogP contribution in [-0.4, -0.2) is 13.2 Å². The van der Waals surface area contributed by atoms with Crippen molar-refractivity contribution in [2.45, 2.75) is 12.6 Å². The minimum absolute atomic E-state index is 0.0975. The molecule has 0 saturated carbocycles. The maximum Gasteiger partial charge on any atom is 0.120 e. The van der Waals surface area contributed by atoms with Gasteiger partial charge in [0.1, 0.15) is 12.4 Å². The number of rotatable bonds is 9. The van der Waals surface area contributed by atoms with E-state index in [1.54, 1.807) is 6.08 Å². The molecule has 0 radical (unpaired) electrons. The molecule has 0 fully saturated rings. The van der Waals surface area contributed by atoms with E-state index in [0.29, 0.717) is 19.7 Å². The first-order valence-corrected chi connectivity index (χ1v) is 8.85. The number of fused-ring (bicyclic) bond motifs is 1. The van der Waals surface area contributed by atoms with E-state index in [4.69, 9.17) is 10.3 Å². The third-order valence-electron chi connectivity index (χ3n) is 4.32. The fourth-order valence-corrected chi connectivity index (χ4v) is 2.97. The zero-order chi connectivity index (χ0) is 18.9. The number of azide groups is 1. The Kier molecular flexibility index (Phi) is 6.47. The Hall–Kier alpha value is -3.27. The molecule has 1 atom stereocenters. The van der Waals surface area contributed by atoms with Crippen molar-refractivity contribution in [2.24, 2.45) is 5.11 Å². The highest BCUT2D eigenvalue weighted by Crippen LogP contribution is 2.21. The Morgan fingerprint density at radius 1 is 1.07 bits per heavy atom. The highest BCUT2D eigenvalue weighted by molar-refractivity contribution is 5.82. The zero-order valence-electron chi connectivity index (χ0n) is 15.1. The predicted molar refractivity (Wildman–Crippen MR) is 110 cm³/mol. The number of nitrogens with zero attached hydrogens (tertiary/aromatic N) is 3. The average molecular weight is 358 g/mol. The maximum absolute atomic E-state index is 8.73. The van der Waals surface area contributed by atoms with Crippen molar-refractivity contribution in [1.29, 1.82) is 0 Å². The number of nitrogens with one attached hydrogen (secondary N) is 1. The molecule has 0 aliphatic heterocycles. The number of benzene rings is 3. The van der Waals surface area contributed by atoms with Crippen molar-refractivity contribution >= 4 is 10.8 Å². The van der Waals surface area contributed by atoms with E-state index in [2.05, 4.69) is 52.3 Å². The molecule has 27 heavy (non-hydrogen) atoms. The minimum atomic E-state index is -0.0975. The molecule has 1 N–H and O–H groups in total. The zero-order valence-corrected chi connectivity index (χ0v) is 15.1. The van der Waals surface area contributed by atoms with Gasteiger partial charge in [-0.1, -0.05) is 66.3 Å². The summed E-state index contributed by atoms with van der Waals surface area (Å²) < 4.78 is 5.61. The molecule has 0 bridgehead atoms. The minimum Gasteiger partial charge on any atom is -0.490 e. The monoisotopic (exact) mass is 358 g/mol. The summed E-state index contributed by atoms with van der Waals surface area (Å²) in [7, 11) is 0. The van der Waals surface area contributed by atoms with Crippen LogP contribution in [-0.2, 0) is 6.54 Å². The van der Waals surface area contributed by atoms with Gasteiger partial charge in [-0.3, -0.25) is 0 Å². The first-order chi connectivity index (χ1) is 13.3. The Morgan fingerprint density at radius 2 is 1.93 bits per heavy atom. The summed E-state index contributed by atoms with van der Waals surface area (Å²) in [5.74, 6) is 0.769. The van der Waals surface area contributed by atoms with Crippen LogP contribution in [0.4, 0.5) is 0 Å². The topological polar surface area (TPSA) is 70.0 Å². The molecular weight excluding hydrogens is 336 g/mol. The summed E-state index contributed by atoms with van der Waals surface area (Å²) in [5.41, 5.74) is 10.9. The van der Waals surface area contributed by atoms with E-state index in [-0.39, 0.29) is 6.04 Å². The molecule has 0 saturated heterocycles. The van der Waals surface area contributed by atoms with Crippen molar-refractivity contribution in [3.8, 4) is 5.75 Å². The average Bonchev–Trinajstić information content (AvgIpc) is 2.72. The Morgan fingerprint density at radius 3 is 2.74 bits per heavy atom. The van der Waals surface area contributed by atoms with Gasteiger partial charge in [0.2, 0.25) is 0 Å². The lowest BCUT2D eigenvalue weighted by Gasteiger charge is -2.18. The summed E-state index contributed by atoms with van der Waals surface area (Å²) in [6.45, 7) is 5.12. The van der Waals surface area contributed by atoms with E-state index in [0.717, 1.165) is 11.3 Å². The molecule has 0 spiro atoms. The summed E-state index contributed by atoms with van der Waals surface area (Å²) >= 11 is 0. The summed E-state index contributed by atoms with van der Waals surface area (Å²) in [6.07, 6.45) is 1.71. The van der Waals surface area contributed by atoms with Crippen molar-refractivity contribution in [3.63, 3.8) is 0 Å². The Labute approximate surface area is 158 Å². The molecule has 3 rings (SSSR count). The van der Waals surface area contributed by atoms with Gasteiger partial charge >= 0.3 is 0 Å². The van der Waals surface area contributed by atoms with Gasteiger partial charge < -0.3 is 10.1 Å². The van der Waals surface area contributed by atoms with E-state index < -0.39 is 0 Å². The highest BCUT2D eigenvalue weighted by atomic mass is 16.5. The first-order valence-electron chi connectivity index (χ1n) is 8.85. The number of hydrogen-bond acceptors (Lipinski definition) is 3. The van der Waals surface area contributed by atoms with Crippen LogP contribution in [0.1, 0.15) is 17.2 Å². The fraction of sp³-hybridized carbons (Fsp3) is 0.182. The lowest BCUT2D eigenvalue weighted by Crippen LogP contribution is -2.23. The molecule has 0 aliphatic carbocycles. The van der Waals surface area contributed by atoms with Crippen molar-refractivity contribution in [3.05, 3.63) is 101 Å². The molecule has 5 heteroatoms. The van der Waals surface area contributed by atoms with E-state index in [9.17, 15) is 0 Å². The van der Waals surface area contributed by atoms with Crippen LogP contribution in [0.5, 0.6) is 5.75 Å². The van der Waals surface area contributed by atoms with Gasteiger partial charge in [-0.05, 0) is 45.6 Å². The Balaban J connectivity index is 1.76. The number of ether oxygens (including phenoxy) is 1. The quantitative estimate of drug-likeness (QED) is 0.236. The molecule has 3 aromatic rings. The molecule has 5 nitrogen and oxygen atoms in total. The van der Waals surface area contributed by atoms with Gasteiger partial charge in [0, 0.05) is 24.0 Å². The second-order valence-electron chi connectivity index (χ2n) is 6.20. The lowest BCUT2D eigenvalue weighted by molar-refractivity contribution is 0.362. The largest absolute Gasteiger partial charge is 0.490 e. The molecule has 0 unspecified atom stereocenters. The van der Waals surface area contributed by atoms with Crippen LogP contribution >= 0.6 is 0 Å². The van der Waals surface area contributed by atoms with Crippen LogP contribution in [0.2, 0.25) is 0 Å². The van der Waals surface area contributed by atoms with Gasteiger partial charge in [-0.2, -0.15) is 0 Å². The second-order valence-corrected chi connectivity index (χ2v) is 6.20. The van der Waals surface area contributed by atoms with E-state index in [1.807, 2.05) is 36.4 Å². The summed E-state index contributed by atoms with van der Waals surface area (Å²) in [6, 6.07) is 22.4. The van der Waals surface area contributed by atoms with Crippen LogP contribution in [0.3, 0.4) is 0 Å². The van der Waals surface area contributed by atoms with Gasteiger partial charge in [0.25, 0.3) is 0 Å². The molecular formula is C22H22N4O. The smallest absolute Gasteiger partial charge is 0.120 e. The molecule has 0 aliphatic rings. The maximum atomic E-state index is 8.73. The van der Waals surface area contributed by atoms with Gasteiger partial charge in [0.15, 0.2) is 0 Å². The van der Waals surface area contributed by atoms with Crippen LogP contribution in [0, 0.1) is 0 Å². The first kappa shape index (κ1) is 18.5. The van der Waals surface area contributed by atoms with Crippen LogP contribution in [0.25, 0.3) is 21.2 Å². The van der Waals surface area contributed by atoms with Gasteiger partial charge in [0.05, 0.1) is 0 Å². The van der Waals surface area contributed by atoms with Crippen molar-refractivity contribution in [1.82, 2.24) is 5.32 Å². The Bertz CT molecular complexity index is 963. The SMILES string of the molecule is C=CCOc1cccc([C@H](CN=[N+]=[N-])NCc2ccc3ccccc3c2)c1. The number of hydrogen-bond donors (Lipinski definition) is 1. The molecule has 0 heterocycles. The van der Waals surface area contributed by atoms with Crippen LogP contribution < -0.4 is 10.1 Å². The predicted octanol–water partition coefficient (Wildman–Crippen LogP) is 5.55. The molecule has 0 aromatic heterocycles. The summed E-state index contributed by atoms with van der Waals surface area (Å²) in [5, 5.41) is 9.69. The van der Waals surface area contributed by atoms with Crippen molar-refractivity contribution < 1.29 is 4.74 Å². The normalized spacial score (nSPS) is 11.6. The second kappa shape index (κ2) is 9.43. The summed E-state index contributed by atoms with van der Waals surface area (Å²) in [4.78, 5) is 2.91. The highest BCUT2D eigenvalue weighted by Gasteiger charge is 2.11. The third-order valence-corrected chi connectivity index (χ3v) is 4.32.